The first-order chi connectivity index (χ1) is 8.83. The molecule has 0 saturated heterocycles. The van der Waals surface area contributed by atoms with E-state index in [0.29, 0.717) is 0 Å². The molecule has 88 valence electrons. The molecule has 5 heteroatoms. The fourth-order valence-corrected chi connectivity index (χ4v) is 4.05. The molecule has 0 saturated carbocycles. The first kappa shape index (κ1) is 10.2. The van der Waals surface area contributed by atoms with Crippen LogP contribution in [0.25, 0.3) is 26.7 Å². The van der Waals surface area contributed by atoms with Crippen molar-refractivity contribution in [1.29, 1.82) is 0 Å². The van der Waals surface area contributed by atoms with E-state index in [-0.39, 0.29) is 0 Å². The van der Waals surface area contributed by atoms with Crippen LogP contribution in [0.5, 0.6) is 0 Å². The maximum Gasteiger partial charge on any atom is 0.246 e. The third kappa shape index (κ3) is 1.34. The Hall–Kier alpha value is -1.72. The van der Waals surface area contributed by atoms with E-state index in [1.54, 1.807) is 22.9 Å². The van der Waals surface area contributed by atoms with Gasteiger partial charge < -0.3 is 0 Å². The van der Waals surface area contributed by atoms with Gasteiger partial charge in [0.2, 0.25) is 5.78 Å². The van der Waals surface area contributed by atoms with E-state index >= 15 is 0 Å². The zero-order chi connectivity index (χ0) is 12.1. The number of aryl methyl sites for hydroxylation is 1. The van der Waals surface area contributed by atoms with Gasteiger partial charge in [0.25, 0.3) is 0 Å². The maximum atomic E-state index is 4.63. The minimum atomic E-state index is 0.795. The van der Waals surface area contributed by atoms with E-state index in [4.69, 9.17) is 0 Å². The highest BCUT2D eigenvalue weighted by Crippen LogP contribution is 2.32. The molecule has 3 nitrogen and oxygen atoms in total. The van der Waals surface area contributed by atoms with Gasteiger partial charge in [-0.1, -0.05) is 12.1 Å². The summed E-state index contributed by atoms with van der Waals surface area (Å²) in [5.74, 6) is 0.795. The van der Waals surface area contributed by atoms with Gasteiger partial charge in [-0.2, -0.15) is 4.98 Å². The number of fused-ring (bicyclic) bond motifs is 3. The number of hydrogen-bond donors (Lipinski definition) is 0. The van der Waals surface area contributed by atoms with Crippen LogP contribution in [0, 0.1) is 6.92 Å². The molecule has 0 N–H and O–H groups in total. The van der Waals surface area contributed by atoms with Crippen LogP contribution in [0.4, 0.5) is 0 Å². The lowest BCUT2D eigenvalue weighted by atomic mass is 10.3. The molecule has 1 aromatic carbocycles. The van der Waals surface area contributed by atoms with Crippen LogP contribution >= 0.6 is 22.9 Å². The van der Waals surface area contributed by atoms with E-state index < -0.39 is 0 Å². The highest BCUT2D eigenvalue weighted by atomic mass is 32.1. The molecule has 18 heavy (non-hydrogen) atoms. The van der Waals surface area contributed by atoms with Crippen LogP contribution < -0.4 is 0 Å². The maximum absolute atomic E-state index is 4.63. The van der Waals surface area contributed by atoms with E-state index in [1.807, 2.05) is 18.2 Å². The van der Waals surface area contributed by atoms with Crippen molar-refractivity contribution < 1.29 is 0 Å². The van der Waals surface area contributed by atoms with Gasteiger partial charge in [-0.05, 0) is 47.6 Å². The predicted octanol–water partition coefficient (Wildman–Crippen LogP) is 3.98. The number of rotatable bonds is 1. The second-order valence-corrected chi connectivity index (χ2v) is 5.99. The molecule has 0 atom stereocenters. The molecule has 4 aromatic rings. The topological polar surface area (TPSA) is 30.2 Å². The Labute approximate surface area is 112 Å². The monoisotopic (exact) mass is 271 g/mol. The van der Waals surface area contributed by atoms with Crippen molar-refractivity contribution >= 4 is 39.7 Å². The van der Waals surface area contributed by atoms with E-state index in [1.165, 1.54) is 10.4 Å². The van der Waals surface area contributed by atoms with Gasteiger partial charge in [0.05, 0.1) is 15.9 Å². The molecule has 0 amide bonds. The van der Waals surface area contributed by atoms with Gasteiger partial charge in [0.15, 0.2) is 5.01 Å². The molecule has 0 aliphatic heterocycles. The number of hydrogen-bond acceptors (Lipinski definition) is 4. The smallest absolute Gasteiger partial charge is 0.229 e. The molecule has 0 spiro atoms. The van der Waals surface area contributed by atoms with Gasteiger partial charge in [-0.25, -0.2) is 8.77 Å². The highest BCUT2D eigenvalue weighted by molar-refractivity contribution is 7.19. The Kier molecular flexibility index (Phi) is 2.06. The normalized spacial score (nSPS) is 11.6. The van der Waals surface area contributed by atoms with Crippen LogP contribution in [0.15, 0.2) is 35.7 Å². The van der Waals surface area contributed by atoms with Gasteiger partial charge in [0.1, 0.15) is 0 Å². The molecule has 4 rings (SSSR count). The van der Waals surface area contributed by atoms with Crippen molar-refractivity contribution in [1.82, 2.24) is 13.8 Å². The minimum absolute atomic E-state index is 0.795. The summed E-state index contributed by atoms with van der Waals surface area (Å²) >= 11 is 3.39. The Bertz CT molecular complexity index is 853. The van der Waals surface area contributed by atoms with Crippen LogP contribution in [0.2, 0.25) is 0 Å². The average Bonchev–Trinajstić information content (AvgIpc) is 3.01. The summed E-state index contributed by atoms with van der Waals surface area (Å²) in [7, 11) is 0. The zero-order valence-electron chi connectivity index (χ0n) is 9.62. The standard InChI is InChI=1S/C13H9N3S2/c1-8-6-7-17-11(8)12-15-13-14-9-4-2-3-5-10(9)16(13)18-12/h2-7H,1H3. The second kappa shape index (κ2) is 3.63. The van der Waals surface area contributed by atoms with Gasteiger partial charge in [-0.3, -0.25) is 0 Å². The Morgan fingerprint density at radius 3 is 2.83 bits per heavy atom. The van der Waals surface area contributed by atoms with Gasteiger partial charge >= 0.3 is 0 Å². The number of imidazole rings is 1. The summed E-state index contributed by atoms with van der Waals surface area (Å²) < 4.78 is 2.10. The van der Waals surface area contributed by atoms with Crippen molar-refractivity contribution in [3.63, 3.8) is 0 Å². The van der Waals surface area contributed by atoms with Crippen LogP contribution in [-0.2, 0) is 0 Å². The summed E-state index contributed by atoms with van der Waals surface area (Å²) in [6.07, 6.45) is 0. The highest BCUT2D eigenvalue weighted by Gasteiger charge is 2.13. The molecule has 0 fully saturated rings. The molecule has 0 radical (unpaired) electrons. The summed E-state index contributed by atoms with van der Waals surface area (Å²) in [4.78, 5) is 10.4. The Morgan fingerprint density at radius 2 is 2.00 bits per heavy atom. The third-order valence-corrected chi connectivity index (χ3v) is 5.10. The van der Waals surface area contributed by atoms with E-state index in [9.17, 15) is 0 Å². The van der Waals surface area contributed by atoms with Crippen molar-refractivity contribution in [2.75, 3.05) is 0 Å². The first-order valence-electron chi connectivity index (χ1n) is 5.62. The van der Waals surface area contributed by atoms with E-state index in [0.717, 1.165) is 21.8 Å². The summed E-state index contributed by atoms with van der Waals surface area (Å²) in [5.41, 5.74) is 3.41. The summed E-state index contributed by atoms with van der Waals surface area (Å²) in [5, 5.41) is 3.16. The number of thiophene rings is 1. The third-order valence-electron chi connectivity index (χ3n) is 2.94. The molecule has 0 aliphatic carbocycles. The molecular formula is C13H9N3S2. The largest absolute Gasteiger partial charge is 0.246 e. The van der Waals surface area contributed by atoms with Crippen LogP contribution in [0.1, 0.15) is 5.56 Å². The lowest BCUT2D eigenvalue weighted by Crippen LogP contribution is -1.74. The second-order valence-electron chi connectivity index (χ2n) is 4.14. The lowest BCUT2D eigenvalue weighted by Gasteiger charge is -1.91. The SMILES string of the molecule is Cc1ccsc1-c1nc2nc3ccccc3n2s1. The summed E-state index contributed by atoms with van der Waals surface area (Å²) in [6.45, 7) is 2.12. The lowest BCUT2D eigenvalue weighted by molar-refractivity contribution is 1.29. The quantitative estimate of drug-likeness (QED) is 0.524. The molecule has 0 unspecified atom stereocenters. The summed E-state index contributed by atoms with van der Waals surface area (Å²) in [6, 6.07) is 10.3. The molecular weight excluding hydrogens is 262 g/mol. The van der Waals surface area contributed by atoms with Crippen molar-refractivity contribution in [2.24, 2.45) is 0 Å². The van der Waals surface area contributed by atoms with Crippen molar-refractivity contribution in [3.05, 3.63) is 41.3 Å². The molecule has 0 bridgehead atoms. The zero-order valence-corrected chi connectivity index (χ0v) is 11.3. The van der Waals surface area contributed by atoms with Gasteiger partial charge in [-0.15, -0.1) is 11.3 Å². The Balaban J connectivity index is 2.03. The van der Waals surface area contributed by atoms with E-state index in [2.05, 4.69) is 38.2 Å². The molecule has 0 aliphatic rings. The van der Waals surface area contributed by atoms with Crippen LogP contribution in [-0.4, -0.2) is 13.8 Å². The molecule has 3 heterocycles. The van der Waals surface area contributed by atoms with Crippen molar-refractivity contribution in [3.8, 4) is 9.88 Å². The Morgan fingerprint density at radius 1 is 1.11 bits per heavy atom. The fourth-order valence-electron chi connectivity index (χ4n) is 2.03. The van der Waals surface area contributed by atoms with Crippen LogP contribution in [0.3, 0.4) is 0 Å². The minimum Gasteiger partial charge on any atom is -0.229 e. The van der Waals surface area contributed by atoms with Crippen molar-refractivity contribution in [2.45, 2.75) is 6.92 Å². The average molecular weight is 271 g/mol. The number of aromatic nitrogens is 3. The number of benzene rings is 1. The number of para-hydroxylation sites is 2. The predicted molar refractivity (Wildman–Crippen MR) is 76.4 cm³/mol. The number of nitrogens with zero attached hydrogens (tertiary/aromatic N) is 3. The molecule has 3 aromatic heterocycles. The van der Waals surface area contributed by atoms with Gasteiger partial charge in [0, 0.05) is 0 Å². The first-order valence-corrected chi connectivity index (χ1v) is 7.27. The fraction of sp³-hybridized carbons (Fsp3) is 0.0769.